The SMILES string of the molecule is CC.CC1CCC(C)CN(C(NN)N(C)N)C1. The van der Waals surface area contributed by atoms with Crippen molar-refractivity contribution < 1.29 is 0 Å². The largest absolute Gasteiger partial charge is 0.273 e. The fraction of sp³-hybridized carbons (Fsp3) is 1.00. The average Bonchev–Trinajstić information content (AvgIpc) is 2.44. The molecule has 1 rings (SSSR count). The smallest absolute Gasteiger partial charge is 0.141 e. The maximum Gasteiger partial charge on any atom is 0.141 e. The first kappa shape index (κ1) is 16.8. The topological polar surface area (TPSA) is 70.5 Å². The molecule has 1 fully saturated rings. The van der Waals surface area contributed by atoms with E-state index < -0.39 is 0 Å². The van der Waals surface area contributed by atoms with E-state index in [1.165, 1.54) is 12.8 Å². The van der Waals surface area contributed by atoms with Crippen molar-refractivity contribution in [1.82, 2.24) is 15.3 Å². The molecular weight excluding hydrogens is 214 g/mol. The number of nitrogens with one attached hydrogen (secondary N) is 1. The Labute approximate surface area is 106 Å². The summed E-state index contributed by atoms with van der Waals surface area (Å²) in [5.74, 6) is 12.7. The predicted octanol–water partition coefficient (Wildman–Crippen LogP) is 0.933. The van der Waals surface area contributed by atoms with E-state index in [0.29, 0.717) is 11.8 Å². The summed E-state index contributed by atoms with van der Waals surface area (Å²) in [5, 5.41) is 1.63. The zero-order valence-corrected chi connectivity index (χ0v) is 12.1. The van der Waals surface area contributed by atoms with Crippen molar-refractivity contribution in [3.05, 3.63) is 0 Å². The van der Waals surface area contributed by atoms with E-state index >= 15 is 0 Å². The van der Waals surface area contributed by atoms with E-state index in [2.05, 4.69) is 24.2 Å². The second-order valence-corrected chi connectivity index (χ2v) is 4.95. The van der Waals surface area contributed by atoms with Crippen molar-refractivity contribution in [1.29, 1.82) is 0 Å². The summed E-state index contributed by atoms with van der Waals surface area (Å²) in [6.07, 6.45) is 2.53. The van der Waals surface area contributed by atoms with Crippen LogP contribution in [0, 0.1) is 11.8 Å². The van der Waals surface area contributed by atoms with E-state index in [1.54, 1.807) is 5.01 Å². The van der Waals surface area contributed by atoms with Crippen LogP contribution in [0.3, 0.4) is 0 Å². The molecule has 0 aromatic carbocycles. The molecule has 0 bridgehead atoms. The highest BCUT2D eigenvalue weighted by atomic mass is 15.6. The molecule has 0 aromatic heterocycles. The monoisotopic (exact) mass is 245 g/mol. The van der Waals surface area contributed by atoms with E-state index in [-0.39, 0.29) is 6.29 Å². The van der Waals surface area contributed by atoms with Gasteiger partial charge >= 0.3 is 0 Å². The lowest BCUT2D eigenvalue weighted by Crippen LogP contribution is -2.61. The van der Waals surface area contributed by atoms with Gasteiger partial charge in [0.05, 0.1) is 0 Å². The van der Waals surface area contributed by atoms with E-state index in [4.69, 9.17) is 11.7 Å². The third-order valence-corrected chi connectivity index (χ3v) is 3.13. The highest BCUT2D eigenvalue weighted by Gasteiger charge is 2.26. The lowest BCUT2D eigenvalue weighted by Gasteiger charge is -2.35. The predicted molar refractivity (Wildman–Crippen MR) is 73.5 cm³/mol. The van der Waals surface area contributed by atoms with Crippen LogP contribution in [0.15, 0.2) is 0 Å². The molecular formula is C12H31N5. The first-order valence-electron chi connectivity index (χ1n) is 6.72. The van der Waals surface area contributed by atoms with Gasteiger partial charge in [0.25, 0.3) is 0 Å². The van der Waals surface area contributed by atoms with Crippen molar-refractivity contribution in [2.45, 2.75) is 46.8 Å². The molecule has 0 radical (unpaired) electrons. The van der Waals surface area contributed by atoms with Crippen LogP contribution in [0.25, 0.3) is 0 Å². The summed E-state index contributed by atoms with van der Waals surface area (Å²) in [7, 11) is 1.84. The molecule has 5 heteroatoms. The second-order valence-electron chi connectivity index (χ2n) is 4.95. The molecule has 3 unspecified atom stereocenters. The molecule has 3 atom stereocenters. The van der Waals surface area contributed by atoms with Gasteiger partial charge in [-0.05, 0) is 24.7 Å². The number of nitrogens with zero attached hydrogens (tertiary/aromatic N) is 2. The van der Waals surface area contributed by atoms with Crippen LogP contribution in [0.4, 0.5) is 0 Å². The number of hydrogen-bond donors (Lipinski definition) is 3. The molecule has 5 nitrogen and oxygen atoms in total. The number of rotatable bonds is 3. The van der Waals surface area contributed by atoms with Gasteiger partial charge in [-0.15, -0.1) is 0 Å². The van der Waals surface area contributed by atoms with Crippen LogP contribution in [-0.2, 0) is 0 Å². The first-order chi connectivity index (χ1) is 8.04. The Hall–Kier alpha value is -0.200. The highest BCUT2D eigenvalue weighted by molar-refractivity contribution is 4.75. The number of hydrogen-bond acceptors (Lipinski definition) is 5. The quantitative estimate of drug-likeness (QED) is 0.392. The van der Waals surface area contributed by atoms with Crippen LogP contribution in [0.2, 0.25) is 0 Å². The van der Waals surface area contributed by atoms with Gasteiger partial charge < -0.3 is 0 Å². The summed E-state index contributed by atoms with van der Waals surface area (Å²) in [6, 6.07) is 0. The van der Waals surface area contributed by atoms with Crippen molar-refractivity contribution in [3.63, 3.8) is 0 Å². The lowest BCUT2D eigenvalue weighted by atomic mass is 10.0. The number of nitrogens with two attached hydrogens (primary N) is 2. The summed E-state index contributed by atoms with van der Waals surface area (Å²) >= 11 is 0. The fourth-order valence-electron chi connectivity index (χ4n) is 2.31. The Balaban J connectivity index is 0.00000121. The molecule has 0 amide bonds. The second kappa shape index (κ2) is 8.83. The molecule has 0 saturated carbocycles. The zero-order valence-electron chi connectivity index (χ0n) is 12.1. The minimum Gasteiger partial charge on any atom is -0.273 e. The van der Waals surface area contributed by atoms with E-state index in [1.807, 2.05) is 20.9 Å². The average molecular weight is 245 g/mol. The summed E-state index contributed by atoms with van der Waals surface area (Å²) in [6.45, 7) is 10.7. The van der Waals surface area contributed by atoms with Crippen molar-refractivity contribution in [2.75, 3.05) is 20.1 Å². The third kappa shape index (κ3) is 5.79. The van der Waals surface area contributed by atoms with Gasteiger partial charge in [-0.3, -0.25) is 16.6 Å². The van der Waals surface area contributed by atoms with Gasteiger partial charge in [-0.1, -0.05) is 27.7 Å². The minimum absolute atomic E-state index is 0.0620. The van der Waals surface area contributed by atoms with Gasteiger partial charge in [0.1, 0.15) is 6.29 Å². The third-order valence-electron chi connectivity index (χ3n) is 3.13. The normalized spacial score (nSPS) is 28.2. The molecule has 1 aliphatic heterocycles. The van der Waals surface area contributed by atoms with Crippen LogP contribution in [0.5, 0.6) is 0 Å². The Morgan fingerprint density at radius 3 is 1.88 bits per heavy atom. The Morgan fingerprint density at radius 1 is 1.18 bits per heavy atom. The maximum absolute atomic E-state index is 5.77. The van der Waals surface area contributed by atoms with Gasteiger partial charge in [0.15, 0.2) is 0 Å². The Bertz CT molecular complexity index is 174. The molecule has 17 heavy (non-hydrogen) atoms. The summed E-state index contributed by atoms with van der Waals surface area (Å²) < 4.78 is 0. The molecule has 104 valence electrons. The summed E-state index contributed by atoms with van der Waals surface area (Å²) in [5.41, 5.74) is 2.77. The number of hydrazine groups is 2. The fourth-order valence-corrected chi connectivity index (χ4v) is 2.31. The van der Waals surface area contributed by atoms with Crippen LogP contribution in [-0.4, -0.2) is 36.3 Å². The number of likely N-dealkylation sites (tertiary alicyclic amines) is 1. The van der Waals surface area contributed by atoms with Gasteiger partial charge in [-0.2, -0.15) is 0 Å². The molecule has 0 aliphatic carbocycles. The van der Waals surface area contributed by atoms with Crippen molar-refractivity contribution in [3.8, 4) is 0 Å². The zero-order chi connectivity index (χ0) is 13.4. The molecule has 5 N–H and O–H groups in total. The van der Waals surface area contributed by atoms with Crippen molar-refractivity contribution >= 4 is 0 Å². The van der Waals surface area contributed by atoms with E-state index in [9.17, 15) is 0 Å². The standard InChI is InChI=1S/C10H25N5.C2H6/c1-8-4-5-9(2)7-15(6-8)10(13-11)14(3)12;1-2/h8-10,13H,4-7,11-12H2,1-3H3;1-2H3. The Kier molecular flexibility index (Phi) is 8.72. The molecule has 0 spiro atoms. The van der Waals surface area contributed by atoms with Crippen molar-refractivity contribution in [2.24, 2.45) is 23.5 Å². The highest BCUT2D eigenvalue weighted by Crippen LogP contribution is 2.21. The van der Waals surface area contributed by atoms with Crippen LogP contribution >= 0.6 is 0 Å². The van der Waals surface area contributed by atoms with Crippen LogP contribution < -0.4 is 17.1 Å². The van der Waals surface area contributed by atoms with Crippen LogP contribution in [0.1, 0.15) is 40.5 Å². The maximum atomic E-state index is 5.77. The first-order valence-corrected chi connectivity index (χ1v) is 6.72. The molecule has 0 aromatic rings. The molecule has 1 aliphatic rings. The van der Waals surface area contributed by atoms with Gasteiger partial charge in [0, 0.05) is 20.1 Å². The van der Waals surface area contributed by atoms with E-state index in [0.717, 1.165) is 13.1 Å². The molecule has 1 saturated heterocycles. The van der Waals surface area contributed by atoms with Gasteiger partial charge in [0.2, 0.25) is 0 Å². The summed E-state index contributed by atoms with van der Waals surface area (Å²) in [4.78, 5) is 2.32. The van der Waals surface area contributed by atoms with Gasteiger partial charge in [-0.25, -0.2) is 10.4 Å². The minimum atomic E-state index is -0.0620. The Morgan fingerprint density at radius 2 is 1.59 bits per heavy atom. The lowest BCUT2D eigenvalue weighted by molar-refractivity contribution is 0.0230. The molecule has 1 heterocycles.